The Morgan fingerprint density at radius 3 is 2.35 bits per heavy atom. The SMILES string of the molecule is CS(=O)(=O)N(N)c1cc(-n2ccc(C(F)(F)F)cc2=O)c(F)cc1C#N. The molecule has 0 saturated carbocycles. The number of hydrazine groups is 1. The summed E-state index contributed by atoms with van der Waals surface area (Å²) >= 11 is 0. The fourth-order valence-corrected chi connectivity index (χ4v) is 2.55. The summed E-state index contributed by atoms with van der Waals surface area (Å²) in [5, 5.41) is 9.01. The van der Waals surface area contributed by atoms with E-state index in [9.17, 15) is 30.8 Å². The van der Waals surface area contributed by atoms with Crippen LogP contribution in [0, 0.1) is 17.1 Å². The molecule has 26 heavy (non-hydrogen) atoms. The van der Waals surface area contributed by atoms with Gasteiger partial charge in [-0.3, -0.25) is 9.36 Å². The number of nitrogens with two attached hydrogens (primary N) is 1. The van der Waals surface area contributed by atoms with Crippen molar-refractivity contribution in [2.75, 3.05) is 10.7 Å². The monoisotopic (exact) mass is 390 g/mol. The van der Waals surface area contributed by atoms with E-state index in [1.54, 1.807) is 6.07 Å². The topological polar surface area (TPSA) is 109 Å². The molecule has 0 fully saturated rings. The lowest BCUT2D eigenvalue weighted by Gasteiger charge is -2.19. The van der Waals surface area contributed by atoms with Crippen LogP contribution in [0.2, 0.25) is 0 Å². The van der Waals surface area contributed by atoms with Gasteiger partial charge < -0.3 is 0 Å². The molecule has 0 unspecified atom stereocenters. The van der Waals surface area contributed by atoms with Crippen molar-refractivity contribution < 1.29 is 26.0 Å². The molecule has 0 radical (unpaired) electrons. The Morgan fingerprint density at radius 2 is 1.88 bits per heavy atom. The van der Waals surface area contributed by atoms with Crippen LogP contribution in [0.3, 0.4) is 0 Å². The molecule has 7 nitrogen and oxygen atoms in total. The maximum absolute atomic E-state index is 14.2. The van der Waals surface area contributed by atoms with Gasteiger partial charge in [-0.2, -0.15) is 18.4 Å². The highest BCUT2D eigenvalue weighted by molar-refractivity contribution is 7.92. The van der Waals surface area contributed by atoms with Crippen molar-refractivity contribution in [3.8, 4) is 11.8 Å². The minimum atomic E-state index is -4.77. The standard InChI is InChI=1S/C14H10F4N4O3S/c1-26(24,25)22(20)11-6-12(10(15)4-8(11)7-19)21-3-2-9(5-13(21)23)14(16,17)18/h2-6H,20H2,1H3. The third-order valence-corrected chi connectivity index (χ3v) is 4.20. The third kappa shape index (κ3) is 3.68. The fraction of sp³-hybridized carbons (Fsp3) is 0.143. The van der Waals surface area contributed by atoms with Gasteiger partial charge in [0.05, 0.1) is 28.8 Å². The zero-order valence-electron chi connectivity index (χ0n) is 13.0. The molecule has 0 saturated heterocycles. The number of pyridine rings is 1. The predicted octanol–water partition coefficient (Wildman–Crippen LogP) is 1.51. The maximum atomic E-state index is 14.2. The maximum Gasteiger partial charge on any atom is 0.416 e. The van der Waals surface area contributed by atoms with E-state index in [4.69, 9.17) is 11.1 Å². The van der Waals surface area contributed by atoms with Crippen molar-refractivity contribution in [1.82, 2.24) is 4.57 Å². The highest BCUT2D eigenvalue weighted by Crippen LogP contribution is 2.29. The Morgan fingerprint density at radius 1 is 1.27 bits per heavy atom. The molecule has 0 aliphatic carbocycles. The number of hydrogen-bond acceptors (Lipinski definition) is 5. The Hall–Kier alpha value is -2.91. The van der Waals surface area contributed by atoms with Crippen LogP contribution in [0.25, 0.3) is 5.69 Å². The summed E-state index contributed by atoms with van der Waals surface area (Å²) in [6, 6.07) is 3.76. The van der Waals surface area contributed by atoms with Gasteiger partial charge in [0.25, 0.3) is 5.56 Å². The van der Waals surface area contributed by atoms with Crippen molar-refractivity contribution in [1.29, 1.82) is 5.26 Å². The predicted molar refractivity (Wildman–Crippen MR) is 83.2 cm³/mol. The van der Waals surface area contributed by atoms with E-state index in [-0.39, 0.29) is 10.5 Å². The van der Waals surface area contributed by atoms with Crippen molar-refractivity contribution in [2.24, 2.45) is 5.84 Å². The summed E-state index contributed by atoms with van der Waals surface area (Å²) in [6.45, 7) is 0. The number of rotatable bonds is 3. The lowest BCUT2D eigenvalue weighted by Crippen LogP contribution is -2.37. The van der Waals surface area contributed by atoms with Crippen LogP contribution in [0.4, 0.5) is 23.2 Å². The van der Waals surface area contributed by atoms with Crippen molar-refractivity contribution >= 4 is 15.7 Å². The lowest BCUT2D eigenvalue weighted by atomic mass is 10.1. The second kappa shape index (κ2) is 6.43. The lowest BCUT2D eigenvalue weighted by molar-refractivity contribution is -0.137. The molecule has 1 heterocycles. The van der Waals surface area contributed by atoms with Crippen molar-refractivity contribution in [3.05, 3.63) is 57.8 Å². The van der Waals surface area contributed by atoms with Crippen molar-refractivity contribution in [3.63, 3.8) is 0 Å². The van der Waals surface area contributed by atoms with Crippen LogP contribution in [0.15, 0.2) is 35.3 Å². The largest absolute Gasteiger partial charge is 0.416 e. The first kappa shape index (κ1) is 19.4. The van der Waals surface area contributed by atoms with Gasteiger partial charge >= 0.3 is 6.18 Å². The van der Waals surface area contributed by atoms with Gasteiger partial charge in [-0.05, 0) is 18.2 Å². The molecular formula is C14H10F4N4O3S. The molecule has 0 atom stereocenters. The van der Waals surface area contributed by atoms with E-state index >= 15 is 0 Å². The number of nitrogens with zero attached hydrogens (tertiary/aromatic N) is 3. The molecule has 2 N–H and O–H groups in total. The number of alkyl halides is 3. The number of aromatic nitrogens is 1. The van der Waals surface area contributed by atoms with Gasteiger partial charge in [-0.15, -0.1) is 0 Å². The van der Waals surface area contributed by atoms with Crippen LogP contribution in [-0.2, 0) is 16.2 Å². The smallest absolute Gasteiger partial charge is 0.281 e. The summed E-state index contributed by atoms with van der Waals surface area (Å²) in [4.78, 5) is 11.9. The molecule has 1 aromatic carbocycles. The minimum Gasteiger partial charge on any atom is -0.281 e. The van der Waals surface area contributed by atoms with Gasteiger partial charge in [0.1, 0.15) is 11.9 Å². The summed E-state index contributed by atoms with van der Waals surface area (Å²) < 4.78 is 76.0. The molecule has 0 spiro atoms. The van der Waals surface area contributed by atoms with E-state index in [1.807, 2.05) is 0 Å². The average Bonchev–Trinajstić information content (AvgIpc) is 2.52. The van der Waals surface area contributed by atoms with Gasteiger partial charge in [0.15, 0.2) is 0 Å². The van der Waals surface area contributed by atoms with Gasteiger partial charge in [0, 0.05) is 12.3 Å². The first-order valence-corrected chi connectivity index (χ1v) is 8.50. The highest BCUT2D eigenvalue weighted by atomic mass is 32.2. The van der Waals surface area contributed by atoms with E-state index in [1.165, 1.54) is 0 Å². The Bertz CT molecular complexity index is 1070. The molecular weight excluding hydrogens is 380 g/mol. The Labute approximate surface area is 144 Å². The summed E-state index contributed by atoms with van der Waals surface area (Å²) in [6.07, 6.45) is -3.36. The van der Waals surface area contributed by atoms with E-state index < -0.39 is 50.1 Å². The fourth-order valence-electron chi connectivity index (χ4n) is 2.04. The zero-order chi connectivity index (χ0) is 19.9. The normalized spacial score (nSPS) is 11.9. The van der Waals surface area contributed by atoms with E-state index in [0.717, 1.165) is 12.3 Å². The molecule has 12 heteroatoms. The number of anilines is 1. The Kier molecular flexibility index (Phi) is 4.80. The number of nitriles is 1. The molecule has 2 aromatic rings. The molecule has 2 rings (SSSR count). The zero-order valence-corrected chi connectivity index (χ0v) is 13.8. The van der Waals surface area contributed by atoms with Crippen LogP contribution < -0.4 is 15.8 Å². The van der Waals surface area contributed by atoms with Crippen LogP contribution in [0.1, 0.15) is 11.1 Å². The molecule has 0 amide bonds. The van der Waals surface area contributed by atoms with E-state index in [2.05, 4.69) is 0 Å². The molecule has 0 aliphatic heterocycles. The number of sulfonamides is 1. The quantitative estimate of drug-likeness (QED) is 0.485. The second-order valence-electron chi connectivity index (χ2n) is 5.11. The Balaban J connectivity index is 2.72. The number of hydrogen-bond donors (Lipinski definition) is 1. The van der Waals surface area contributed by atoms with Gasteiger partial charge in [-0.25, -0.2) is 23.1 Å². The van der Waals surface area contributed by atoms with Crippen LogP contribution in [0.5, 0.6) is 0 Å². The first-order valence-electron chi connectivity index (χ1n) is 6.65. The summed E-state index contributed by atoms with van der Waals surface area (Å²) in [7, 11) is -4.04. The summed E-state index contributed by atoms with van der Waals surface area (Å²) in [5.41, 5.74) is -3.91. The van der Waals surface area contributed by atoms with Crippen LogP contribution >= 0.6 is 0 Å². The van der Waals surface area contributed by atoms with Gasteiger partial charge in [-0.1, -0.05) is 0 Å². The average molecular weight is 390 g/mol. The van der Waals surface area contributed by atoms with Crippen LogP contribution in [-0.4, -0.2) is 19.2 Å². The first-order chi connectivity index (χ1) is 11.9. The molecule has 0 aliphatic rings. The number of halogens is 4. The van der Waals surface area contributed by atoms with Crippen molar-refractivity contribution in [2.45, 2.75) is 6.18 Å². The van der Waals surface area contributed by atoms with E-state index in [0.29, 0.717) is 22.9 Å². The second-order valence-corrected chi connectivity index (χ2v) is 6.97. The minimum absolute atomic E-state index is 0.198. The summed E-state index contributed by atoms with van der Waals surface area (Å²) in [5.74, 6) is 4.27. The number of benzene rings is 1. The molecule has 138 valence electrons. The molecule has 0 bridgehead atoms. The highest BCUT2D eigenvalue weighted by Gasteiger charge is 2.31. The third-order valence-electron chi connectivity index (χ3n) is 3.29. The molecule has 1 aromatic heterocycles. The van der Waals surface area contributed by atoms with Gasteiger partial charge in [0.2, 0.25) is 10.0 Å².